The van der Waals surface area contributed by atoms with Crippen molar-refractivity contribution >= 4 is 23.1 Å². The van der Waals surface area contributed by atoms with Crippen molar-refractivity contribution in [3.05, 3.63) is 58.1 Å². The fourth-order valence-corrected chi connectivity index (χ4v) is 3.88. The van der Waals surface area contributed by atoms with E-state index in [-0.39, 0.29) is 0 Å². The fraction of sp³-hybridized carbons (Fsp3) is 0.250. The van der Waals surface area contributed by atoms with E-state index in [0.717, 1.165) is 29.8 Å². The number of para-hydroxylation sites is 1. The average molecular weight is 425 g/mol. The Morgan fingerprint density at radius 2 is 2.10 bits per heavy atom. The van der Waals surface area contributed by atoms with E-state index < -0.39 is 22.6 Å². The van der Waals surface area contributed by atoms with Crippen molar-refractivity contribution < 1.29 is 14.8 Å². The second kappa shape index (κ2) is 8.54. The highest BCUT2D eigenvalue weighted by Gasteiger charge is 2.27. The molecule has 1 aromatic heterocycles. The van der Waals surface area contributed by atoms with Crippen LogP contribution >= 0.6 is 11.8 Å². The lowest BCUT2D eigenvalue weighted by Crippen LogP contribution is -2.17. The average Bonchev–Trinajstić information content (AvgIpc) is 2.90. The Kier molecular flexibility index (Phi) is 5.66. The minimum atomic E-state index is -0.767. The van der Waals surface area contributed by atoms with Gasteiger partial charge in [-0.05, 0) is 24.6 Å². The monoisotopic (exact) mass is 425 g/mol. The van der Waals surface area contributed by atoms with Crippen molar-refractivity contribution in [2.75, 3.05) is 11.1 Å². The predicted octanol–water partition coefficient (Wildman–Crippen LogP) is 4.55. The summed E-state index contributed by atoms with van der Waals surface area (Å²) >= 11 is 1.50. The molecule has 154 valence electrons. The number of ether oxygens (including phenoxy) is 1. The van der Waals surface area contributed by atoms with Gasteiger partial charge in [0.05, 0.1) is 4.92 Å². The Morgan fingerprint density at radius 3 is 2.90 bits per heavy atom. The zero-order chi connectivity index (χ0) is 21.1. The van der Waals surface area contributed by atoms with Gasteiger partial charge in [-0.15, -0.1) is 10.2 Å². The number of hydrogen-bond acceptors (Lipinski definition) is 9. The normalized spacial score (nSPS) is 14.6. The summed E-state index contributed by atoms with van der Waals surface area (Å²) in [5.41, 5.74) is 2.08. The Balaban J connectivity index is 1.76. The van der Waals surface area contributed by atoms with Crippen molar-refractivity contribution in [2.24, 2.45) is 0 Å². The first-order valence-corrected chi connectivity index (χ1v) is 10.4. The van der Waals surface area contributed by atoms with Crippen LogP contribution in [0.25, 0.3) is 11.3 Å². The maximum atomic E-state index is 11.2. The lowest BCUT2D eigenvalue weighted by atomic mass is 10.1. The fourth-order valence-electron chi connectivity index (χ4n) is 3.02. The SMILES string of the molecule is CCCCSc1nnc2c(n1)OC(c1ccc(O)c([N+](=O)[O-])c1)Nc1ccccc1-2. The second-order valence-electron chi connectivity index (χ2n) is 6.64. The topological polar surface area (TPSA) is 123 Å². The molecule has 3 aromatic rings. The van der Waals surface area contributed by atoms with Gasteiger partial charge in [0.1, 0.15) is 0 Å². The standard InChI is InChI=1S/C20H19N5O4S/c1-2-3-10-30-20-22-19-17(23-24-20)13-6-4-5-7-14(13)21-18(29-19)12-8-9-16(26)15(11-12)25(27)28/h4-9,11,18,21,26H,2-3,10H2,1H3. The molecule has 2 aromatic carbocycles. The molecular formula is C20H19N5O4S. The molecule has 2 N–H and O–H groups in total. The quantitative estimate of drug-likeness (QED) is 0.253. The maximum Gasteiger partial charge on any atom is 0.311 e. The van der Waals surface area contributed by atoms with Crippen LogP contribution in [0.1, 0.15) is 31.6 Å². The van der Waals surface area contributed by atoms with Crippen LogP contribution in [-0.4, -0.2) is 31.0 Å². The molecule has 0 radical (unpaired) electrons. The van der Waals surface area contributed by atoms with E-state index in [1.165, 1.54) is 23.9 Å². The van der Waals surface area contributed by atoms with Gasteiger partial charge in [0.25, 0.3) is 0 Å². The van der Waals surface area contributed by atoms with Crippen molar-refractivity contribution in [1.82, 2.24) is 15.2 Å². The number of hydrogen-bond donors (Lipinski definition) is 2. The number of nitrogens with one attached hydrogen (secondary N) is 1. The predicted molar refractivity (Wildman–Crippen MR) is 113 cm³/mol. The number of nitro benzene ring substituents is 1. The van der Waals surface area contributed by atoms with Gasteiger partial charge in [-0.3, -0.25) is 10.1 Å². The minimum Gasteiger partial charge on any atom is -0.502 e. The molecular weight excluding hydrogens is 406 g/mol. The summed E-state index contributed by atoms with van der Waals surface area (Å²) < 4.78 is 6.10. The van der Waals surface area contributed by atoms with Crippen LogP contribution < -0.4 is 10.1 Å². The molecule has 4 rings (SSSR count). The molecule has 10 heteroatoms. The first-order valence-electron chi connectivity index (χ1n) is 9.44. The van der Waals surface area contributed by atoms with Crippen LogP contribution in [0.5, 0.6) is 11.6 Å². The molecule has 1 aliphatic rings. The van der Waals surface area contributed by atoms with E-state index in [1.807, 2.05) is 24.3 Å². The molecule has 0 bridgehead atoms. The van der Waals surface area contributed by atoms with Gasteiger partial charge in [0.2, 0.25) is 11.0 Å². The number of anilines is 1. The molecule has 1 aliphatic heterocycles. The lowest BCUT2D eigenvalue weighted by molar-refractivity contribution is -0.386. The molecule has 0 fully saturated rings. The summed E-state index contributed by atoms with van der Waals surface area (Å²) in [7, 11) is 0. The van der Waals surface area contributed by atoms with Gasteiger partial charge in [-0.2, -0.15) is 4.98 Å². The second-order valence-corrected chi connectivity index (χ2v) is 7.71. The van der Waals surface area contributed by atoms with Crippen LogP contribution in [-0.2, 0) is 0 Å². The van der Waals surface area contributed by atoms with Crippen molar-refractivity contribution in [1.29, 1.82) is 0 Å². The number of phenolic OH excluding ortho intramolecular Hbond substituents is 1. The molecule has 0 amide bonds. The van der Waals surface area contributed by atoms with Gasteiger partial charge in [-0.1, -0.05) is 43.3 Å². The van der Waals surface area contributed by atoms with E-state index >= 15 is 0 Å². The Labute approximate surface area is 176 Å². The third-order valence-corrected chi connectivity index (χ3v) is 5.49. The molecule has 1 unspecified atom stereocenters. The molecule has 0 saturated carbocycles. The van der Waals surface area contributed by atoms with Crippen molar-refractivity contribution in [3.63, 3.8) is 0 Å². The van der Waals surface area contributed by atoms with E-state index in [0.29, 0.717) is 22.3 Å². The smallest absolute Gasteiger partial charge is 0.311 e. The molecule has 2 heterocycles. The first kappa shape index (κ1) is 19.9. The third kappa shape index (κ3) is 3.99. The number of phenols is 1. The molecule has 30 heavy (non-hydrogen) atoms. The summed E-state index contributed by atoms with van der Waals surface area (Å²) in [4.78, 5) is 15.1. The van der Waals surface area contributed by atoms with Gasteiger partial charge in [0.15, 0.2) is 17.7 Å². The molecule has 9 nitrogen and oxygen atoms in total. The van der Waals surface area contributed by atoms with Crippen LogP contribution in [0, 0.1) is 10.1 Å². The van der Waals surface area contributed by atoms with Gasteiger partial charge >= 0.3 is 5.69 Å². The lowest BCUT2D eigenvalue weighted by Gasteiger charge is -2.19. The van der Waals surface area contributed by atoms with Crippen LogP contribution in [0.15, 0.2) is 47.6 Å². The summed E-state index contributed by atoms with van der Waals surface area (Å²) in [5.74, 6) is 0.762. The molecule has 0 spiro atoms. The van der Waals surface area contributed by atoms with Gasteiger partial charge in [-0.25, -0.2) is 0 Å². The Hall–Kier alpha value is -3.40. The van der Waals surface area contributed by atoms with Gasteiger partial charge < -0.3 is 15.2 Å². The van der Waals surface area contributed by atoms with Crippen molar-refractivity contribution in [3.8, 4) is 22.9 Å². The van der Waals surface area contributed by atoms with E-state index in [4.69, 9.17) is 4.74 Å². The van der Waals surface area contributed by atoms with Gasteiger partial charge in [0, 0.05) is 28.6 Å². The zero-order valence-corrected chi connectivity index (χ0v) is 16.9. The number of fused-ring (bicyclic) bond motifs is 3. The zero-order valence-electron chi connectivity index (χ0n) is 16.1. The van der Waals surface area contributed by atoms with E-state index in [9.17, 15) is 15.2 Å². The van der Waals surface area contributed by atoms with E-state index in [1.54, 1.807) is 6.07 Å². The van der Waals surface area contributed by atoms with E-state index in [2.05, 4.69) is 27.4 Å². The summed E-state index contributed by atoms with van der Waals surface area (Å²) in [6, 6.07) is 11.6. The highest BCUT2D eigenvalue weighted by atomic mass is 32.2. The van der Waals surface area contributed by atoms with Crippen LogP contribution in [0.4, 0.5) is 11.4 Å². The molecule has 0 saturated heterocycles. The summed E-state index contributed by atoms with van der Waals surface area (Å²) in [6.45, 7) is 2.11. The van der Waals surface area contributed by atoms with Crippen LogP contribution in [0.3, 0.4) is 0 Å². The number of aromatic nitrogens is 3. The Morgan fingerprint density at radius 1 is 1.27 bits per heavy atom. The number of aromatic hydroxyl groups is 1. The molecule has 1 atom stereocenters. The highest BCUT2D eigenvalue weighted by molar-refractivity contribution is 7.99. The maximum absolute atomic E-state index is 11.2. The molecule has 0 aliphatic carbocycles. The van der Waals surface area contributed by atoms with Crippen molar-refractivity contribution in [2.45, 2.75) is 31.1 Å². The number of benzene rings is 2. The summed E-state index contributed by atoms with van der Waals surface area (Å²) in [5, 5.41) is 33.3. The summed E-state index contributed by atoms with van der Waals surface area (Å²) in [6.07, 6.45) is 1.34. The Bertz CT molecular complexity index is 1090. The largest absolute Gasteiger partial charge is 0.502 e. The number of unbranched alkanes of at least 4 members (excludes halogenated alkanes) is 1. The highest BCUT2D eigenvalue weighted by Crippen LogP contribution is 2.40. The number of rotatable bonds is 6. The minimum absolute atomic E-state index is 0.294. The number of thioether (sulfide) groups is 1. The number of nitro groups is 1. The third-order valence-electron chi connectivity index (χ3n) is 4.56. The van der Waals surface area contributed by atoms with Crippen LogP contribution in [0.2, 0.25) is 0 Å². The number of nitrogens with zero attached hydrogens (tertiary/aromatic N) is 4. The first-order chi connectivity index (χ1) is 14.6.